The van der Waals surface area contributed by atoms with E-state index in [2.05, 4.69) is 11.8 Å². The van der Waals surface area contributed by atoms with Crippen molar-refractivity contribution in [3.05, 3.63) is 0 Å². The lowest BCUT2D eigenvalue weighted by molar-refractivity contribution is 0.143. The lowest BCUT2D eigenvalue weighted by Gasteiger charge is -2.35. The number of hydrogen-bond donors (Lipinski definition) is 1. The molecule has 2 rings (SSSR count). The molecule has 4 unspecified atom stereocenters. The van der Waals surface area contributed by atoms with Crippen LogP contribution in [0.4, 0.5) is 0 Å². The second kappa shape index (κ2) is 6.17. The van der Waals surface area contributed by atoms with Crippen LogP contribution in [-0.2, 0) is 4.74 Å². The van der Waals surface area contributed by atoms with E-state index in [4.69, 9.17) is 10.5 Å². The largest absolute Gasteiger partial charge is 0.384 e. The predicted octanol–water partition coefficient (Wildman–Crippen LogP) is 1.72. The van der Waals surface area contributed by atoms with Gasteiger partial charge in [-0.2, -0.15) is 0 Å². The van der Waals surface area contributed by atoms with Crippen LogP contribution in [0.1, 0.15) is 32.6 Å². The van der Waals surface area contributed by atoms with Crippen LogP contribution in [0.25, 0.3) is 0 Å². The van der Waals surface area contributed by atoms with E-state index >= 15 is 0 Å². The number of methoxy groups -OCH3 is 1. The molecule has 3 nitrogen and oxygen atoms in total. The zero-order chi connectivity index (χ0) is 12.3. The summed E-state index contributed by atoms with van der Waals surface area (Å²) in [5, 5.41) is 0. The quantitative estimate of drug-likeness (QED) is 0.813. The van der Waals surface area contributed by atoms with E-state index in [0.29, 0.717) is 6.04 Å². The van der Waals surface area contributed by atoms with Crippen molar-refractivity contribution in [2.45, 2.75) is 38.6 Å². The number of nitrogens with zero attached hydrogens (tertiary/aromatic N) is 1. The zero-order valence-corrected chi connectivity index (χ0v) is 11.4. The normalized spacial score (nSPS) is 39.7. The lowest BCUT2D eigenvalue weighted by Crippen LogP contribution is -2.42. The fourth-order valence-corrected chi connectivity index (χ4v) is 3.51. The molecule has 1 heterocycles. The van der Waals surface area contributed by atoms with Gasteiger partial charge in [-0.1, -0.05) is 6.92 Å². The fourth-order valence-electron chi connectivity index (χ4n) is 3.51. The van der Waals surface area contributed by atoms with Crippen molar-refractivity contribution in [3.63, 3.8) is 0 Å². The highest BCUT2D eigenvalue weighted by atomic mass is 16.5. The molecule has 2 N–H and O–H groups in total. The van der Waals surface area contributed by atoms with Gasteiger partial charge in [-0.25, -0.2) is 0 Å². The van der Waals surface area contributed by atoms with Crippen molar-refractivity contribution in [2.75, 3.05) is 33.4 Å². The molecule has 3 heteroatoms. The molecule has 4 atom stereocenters. The molecule has 0 aromatic heterocycles. The average molecular weight is 240 g/mol. The van der Waals surface area contributed by atoms with Crippen LogP contribution in [0.15, 0.2) is 0 Å². The third-order valence-electron chi connectivity index (χ3n) is 4.57. The number of likely N-dealkylation sites (tertiary alicyclic amines) is 1. The number of rotatable bonds is 4. The smallest absolute Gasteiger partial charge is 0.0503 e. The Morgan fingerprint density at radius 3 is 2.88 bits per heavy atom. The second-order valence-corrected chi connectivity index (χ2v) is 6.21. The van der Waals surface area contributed by atoms with Crippen LogP contribution in [0.5, 0.6) is 0 Å². The Morgan fingerprint density at radius 1 is 1.29 bits per heavy atom. The van der Waals surface area contributed by atoms with Gasteiger partial charge in [0.1, 0.15) is 0 Å². The molecule has 17 heavy (non-hydrogen) atoms. The summed E-state index contributed by atoms with van der Waals surface area (Å²) in [6.07, 6.45) is 5.17. The van der Waals surface area contributed by atoms with Gasteiger partial charge < -0.3 is 15.4 Å². The van der Waals surface area contributed by atoms with Crippen molar-refractivity contribution < 1.29 is 4.74 Å². The molecular formula is C14H28N2O. The molecule has 1 saturated heterocycles. The van der Waals surface area contributed by atoms with Crippen molar-refractivity contribution in [1.82, 2.24) is 4.90 Å². The van der Waals surface area contributed by atoms with Gasteiger partial charge in [-0.3, -0.25) is 0 Å². The summed E-state index contributed by atoms with van der Waals surface area (Å²) in [5.41, 5.74) is 6.26. The summed E-state index contributed by atoms with van der Waals surface area (Å²) in [6.45, 7) is 6.96. The van der Waals surface area contributed by atoms with Crippen LogP contribution in [0.3, 0.4) is 0 Å². The highest BCUT2D eigenvalue weighted by Gasteiger charge is 2.30. The van der Waals surface area contributed by atoms with Gasteiger partial charge in [0.25, 0.3) is 0 Å². The minimum Gasteiger partial charge on any atom is -0.384 e. The topological polar surface area (TPSA) is 38.5 Å². The minimum atomic E-state index is 0.438. The Labute approximate surface area is 106 Å². The van der Waals surface area contributed by atoms with Gasteiger partial charge in [0.2, 0.25) is 0 Å². The first-order valence-electron chi connectivity index (χ1n) is 7.16. The van der Waals surface area contributed by atoms with E-state index in [0.717, 1.165) is 24.4 Å². The first kappa shape index (κ1) is 13.3. The molecule has 0 aromatic carbocycles. The van der Waals surface area contributed by atoms with Gasteiger partial charge in [-0.15, -0.1) is 0 Å². The minimum absolute atomic E-state index is 0.438. The van der Waals surface area contributed by atoms with Gasteiger partial charge in [0.15, 0.2) is 0 Å². The van der Waals surface area contributed by atoms with E-state index in [9.17, 15) is 0 Å². The summed E-state index contributed by atoms with van der Waals surface area (Å²) >= 11 is 0. The molecule has 1 aliphatic heterocycles. The van der Waals surface area contributed by atoms with E-state index in [1.54, 1.807) is 7.11 Å². The first-order chi connectivity index (χ1) is 8.19. The maximum absolute atomic E-state index is 6.26. The summed E-state index contributed by atoms with van der Waals surface area (Å²) in [4.78, 5) is 2.60. The maximum Gasteiger partial charge on any atom is 0.0503 e. The Hall–Kier alpha value is -0.120. The third-order valence-corrected chi connectivity index (χ3v) is 4.57. The number of nitrogens with two attached hydrogens (primary N) is 1. The van der Waals surface area contributed by atoms with Crippen LogP contribution in [0, 0.1) is 17.8 Å². The van der Waals surface area contributed by atoms with Gasteiger partial charge in [0, 0.05) is 26.2 Å². The van der Waals surface area contributed by atoms with Gasteiger partial charge in [0.05, 0.1) is 6.61 Å². The summed E-state index contributed by atoms with van der Waals surface area (Å²) < 4.78 is 5.25. The Morgan fingerprint density at radius 2 is 2.12 bits per heavy atom. The molecule has 100 valence electrons. The molecule has 0 bridgehead atoms. The maximum atomic E-state index is 6.26. The Bertz CT molecular complexity index is 234. The van der Waals surface area contributed by atoms with E-state index < -0.39 is 0 Å². The van der Waals surface area contributed by atoms with E-state index in [1.807, 2.05) is 0 Å². The Kier molecular flexibility index (Phi) is 4.83. The van der Waals surface area contributed by atoms with Gasteiger partial charge >= 0.3 is 0 Å². The van der Waals surface area contributed by atoms with Crippen LogP contribution >= 0.6 is 0 Å². The van der Waals surface area contributed by atoms with Crippen molar-refractivity contribution >= 4 is 0 Å². The standard InChI is InChI=1S/C14H28N2O/c1-11-3-4-14(15)13(7-11)9-16-6-5-12(8-16)10-17-2/h11-14H,3-10,15H2,1-2H3. The molecule has 0 radical (unpaired) electrons. The highest BCUT2D eigenvalue weighted by molar-refractivity contribution is 4.85. The Balaban J connectivity index is 1.76. The fraction of sp³-hybridized carbons (Fsp3) is 1.00. The monoisotopic (exact) mass is 240 g/mol. The summed E-state index contributed by atoms with van der Waals surface area (Å²) in [7, 11) is 1.81. The van der Waals surface area contributed by atoms with Crippen molar-refractivity contribution in [3.8, 4) is 0 Å². The molecule has 0 spiro atoms. The lowest BCUT2D eigenvalue weighted by atomic mass is 9.79. The second-order valence-electron chi connectivity index (χ2n) is 6.21. The highest BCUT2D eigenvalue weighted by Crippen LogP contribution is 2.29. The molecule has 1 aliphatic carbocycles. The molecule has 0 amide bonds. The van der Waals surface area contributed by atoms with Crippen molar-refractivity contribution in [1.29, 1.82) is 0 Å². The third kappa shape index (κ3) is 3.67. The molecular weight excluding hydrogens is 212 g/mol. The molecule has 2 fully saturated rings. The summed E-state index contributed by atoms with van der Waals surface area (Å²) in [5.74, 6) is 2.34. The molecule has 2 aliphatic rings. The van der Waals surface area contributed by atoms with Crippen LogP contribution in [-0.4, -0.2) is 44.3 Å². The predicted molar refractivity (Wildman–Crippen MR) is 70.9 cm³/mol. The SMILES string of the molecule is COCC1CCN(CC2CC(C)CCC2N)C1. The van der Waals surface area contributed by atoms with E-state index in [1.165, 1.54) is 45.3 Å². The average Bonchev–Trinajstić information content (AvgIpc) is 2.72. The number of hydrogen-bond acceptors (Lipinski definition) is 3. The summed E-state index contributed by atoms with van der Waals surface area (Å²) in [6, 6.07) is 0.438. The van der Waals surface area contributed by atoms with Crippen molar-refractivity contribution in [2.24, 2.45) is 23.5 Å². The molecule has 0 aromatic rings. The van der Waals surface area contributed by atoms with Gasteiger partial charge in [-0.05, 0) is 50.0 Å². The van der Waals surface area contributed by atoms with Crippen LogP contribution < -0.4 is 5.73 Å². The number of ether oxygens (including phenoxy) is 1. The first-order valence-corrected chi connectivity index (χ1v) is 7.16. The zero-order valence-electron chi connectivity index (χ0n) is 11.4. The molecule has 1 saturated carbocycles. The van der Waals surface area contributed by atoms with E-state index in [-0.39, 0.29) is 0 Å². The van der Waals surface area contributed by atoms with Crippen LogP contribution in [0.2, 0.25) is 0 Å².